The molecule has 0 radical (unpaired) electrons. The van der Waals surface area contributed by atoms with Crippen LogP contribution in [0.1, 0.15) is 91.9 Å². The lowest BCUT2D eigenvalue weighted by molar-refractivity contribution is -0.00474. The summed E-state index contributed by atoms with van der Waals surface area (Å²) in [4.78, 5) is 0. The van der Waals surface area contributed by atoms with Crippen LogP contribution in [0.5, 0.6) is 0 Å². The lowest BCUT2D eigenvalue weighted by atomic mass is 10.1. The Labute approximate surface area is 145 Å². The molecule has 0 atom stereocenters. The second-order valence-electron chi connectivity index (χ2n) is 7.16. The van der Waals surface area contributed by atoms with Crippen LogP contribution in [0.15, 0.2) is 36.5 Å². The largest absolute Gasteiger partial charge is 0.376 e. The Morgan fingerprint density at radius 2 is 1.17 bits per heavy atom. The van der Waals surface area contributed by atoms with Gasteiger partial charge in [0.05, 0.1) is 5.60 Å². The van der Waals surface area contributed by atoms with Crippen molar-refractivity contribution in [1.29, 1.82) is 0 Å². The highest BCUT2D eigenvalue weighted by molar-refractivity contribution is 4.96. The molecular weight excluding hydrogens is 280 g/mol. The van der Waals surface area contributed by atoms with Gasteiger partial charge in [0.1, 0.15) is 0 Å². The number of allylic oxidation sites excluding steroid dienone is 6. The first kappa shape index (κ1) is 22.2. The molecule has 0 saturated carbocycles. The van der Waals surface area contributed by atoms with Crippen molar-refractivity contribution in [2.45, 2.75) is 97.5 Å². The van der Waals surface area contributed by atoms with E-state index in [2.05, 4.69) is 64.2 Å². The monoisotopic (exact) mass is 320 g/mol. The molecule has 0 bridgehead atoms. The summed E-state index contributed by atoms with van der Waals surface area (Å²) < 4.78 is 5.73. The zero-order chi connectivity index (χ0) is 17.2. The molecule has 0 aliphatic heterocycles. The van der Waals surface area contributed by atoms with Crippen LogP contribution in [0.2, 0.25) is 0 Å². The SMILES string of the molecule is CC/C=C\C/C=C\C/C=C\CCCCCCCCOC(C)(C)C. The highest BCUT2D eigenvalue weighted by atomic mass is 16.5. The molecule has 1 heteroatoms. The lowest BCUT2D eigenvalue weighted by Gasteiger charge is -2.19. The van der Waals surface area contributed by atoms with Gasteiger partial charge in [0.25, 0.3) is 0 Å². The second kappa shape index (κ2) is 16.1. The Kier molecular flexibility index (Phi) is 15.5. The molecular formula is C22H40O. The number of hydrogen-bond acceptors (Lipinski definition) is 1. The lowest BCUT2D eigenvalue weighted by Crippen LogP contribution is -2.19. The van der Waals surface area contributed by atoms with Crippen LogP contribution >= 0.6 is 0 Å². The Bertz CT molecular complexity index is 317. The molecule has 0 unspecified atom stereocenters. The standard InChI is InChI=1S/C22H40O/c1-5-6-7-8-9-10-11-12-13-14-15-16-17-18-19-20-21-23-22(2,3)4/h6-7,9-10,12-13H,5,8,11,14-21H2,1-4H3/b7-6-,10-9-,13-12-. The van der Waals surface area contributed by atoms with Gasteiger partial charge in [0.2, 0.25) is 0 Å². The van der Waals surface area contributed by atoms with Crippen LogP contribution < -0.4 is 0 Å². The molecule has 0 rings (SSSR count). The summed E-state index contributed by atoms with van der Waals surface area (Å²) in [6, 6.07) is 0. The van der Waals surface area contributed by atoms with Crippen molar-refractivity contribution in [3.63, 3.8) is 0 Å². The van der Waals surface area contributed by atoms with E-state index in [1.54, 1.807) is 0 Å². The minimum absolute atomic E-state index is 0.0216. The normalized spacial score (nSPS) is 13.0. The van der Waals surface area contributed by atoms with Gasteiger partial charge in [-0.2, -0.15) is 0 Å². The second-order valence-corrected chi connectivity index (χ2v) is 7.16. The van der Waals surface area contributed by atoms with Crippen LogP contribution in [-0.2, 0) is 4.74 Å². The highest BCUT2D eigenvalue weighted by Crippen LogP contribution is 2.11. The number of hydrogen-bond donors (Lipinski definition) is 0. The summed E-state index contributed by atoms with van der Waals surface area (Å²) in [5, 5.41) is 0. The predicted octanol–water partition coefficient (Wildman–Crippen LogP) is 7.39. The quantitative estimate of drug-likeness (QED) is 0.239. The molecule has 0 aromatic heterocycles. The molecule has 0 aliphatic carbocycles. The Balaban J connectivity index is 3.24. The summed E-state index contributed by atoms with van der Waals surface area (Å²) in [5.74, 6) is 0. The first-order valence-corrected chi connectivity index (χ1v) is 9.65. The van der Waals surface area contributed by atoms with Crippen molar-refractivity contribution in [1.82, 2.24) is 0 Å². The zero-order valence-electron chi connectivity index (χ0n) is 16.2. The molecule has 0 saturated heterocycles. The molecule has 23 heavy (non-hydrogen) atoms. The Morgan fingerprint density at radius 1 is 0.652 bits per heavy atom. The summed E-state index contributed by atoms with van der Waals surface area (Å²) >= 11 is 0. The topological polar surface area (TPSA) is 9.23 Å². The van der Waals surface area contributed by atoms with Crippen LogP contribution in [0.3, 0.4) is 0 Å². The summed E-state index contributed by atoms with van der Waals surface area (Å²) in [7, 11) is 0. The molecule has 0 amide bonds. The van der Waals surface area contributed by atoms with E-state index >= 15 is 0 Å². The summed E-state index contributed by atoms with van der Waals surface area (Å²) in [5.41, 5.74) is 0.0216. The summed E-state index contributed by atoms with van der Waals surface area (Å²) in [6.45, 7) is 9.46. The van der Waals surface area contributed by atoms with E-state index in [1.807, 2.05) is 0 Å². The highest BCUT2D eigenvalue weighted by Gasteiger charge is 2.08. The molecule has 0 aromatic carbocycles. The minimum Gasteiger partial charge on any atom is -0.376 e. The maximum atomic E-state index is 5.73. The Hall–Kier alpha value is -0.820. The number of unbranched alkanes of at least 4 members (excludes halogenated alkanes) is 6. The van der Waals surface area contributed by atoms with E-state index in [1.165, 1.54) is 44.9 Å². The van der Waals surface area contributed by atoms with Crippen molar-refractivity contribution in [2.75, 3.05) is 6.61 Å². The third-order valence-corrected chi connectivity index (χ3v) is 3.58. The molecule has 0 aliphatic rings. The molecule has 0 heterocycles. The van der Waals surface area contributed by atoms with Gasteiger partial charge in [-0.15, -0.1) is 0 Å². The molecule has 134 valence electrons. The van der Waals surface area contributed by atoms with E-state index in [0.717, 1.165) is 25.9 Å². The molecule has 0 N–H and O–H groups in total. The molecule has 0 spiro atoms. The van der Waals surface area contributed by atoms with Crippen molar-refractivity contribution >= 4 is 0 Å². The van der Waals surface area contributed by atoms with Gasteiger partial charge in [-0.05, 0) is 59.3 Å². The third-order valence-electron chi connectivity index (χ3n) is 3.58. The smallest absolute Gasteiger partial charge is 0.0598 e. The van der Waals surface area contributed by atoms with Crippen molar-refractivity contribution in [3.8, 4) is 0 Å². The zero-order valence-corrected chi connectivity index (χ0v) is 16.2. The van der Waals surface area contributed by atoms with Gasteiger partial charge in [0.15, 0.2) is 0 Å². The maximum Gasteiger partial charge on any atom is 0.0598 e. The average Bonchev–Trinajstić information content (AvgIpc) is 2.49. The van der Waals surface area contributed by atoms with Crippen LogP contribution in [-0.4, -0.2) is 12.2 Å². The predicted molar refractivity (Wildman–Crippen MR) is 105 cm³/mol. The molecule has 1 nitrogen and oxygen atoms in total. The van der Waals surface area contributed by atoms with Crippen molar-refractivity contribution < 1.29 is 4.74 Å². The van der Waals surface area contributed by atoms with E-state index < -0.39 is 0 Å². The van der Waals surface area contributed by atoms with Gasteiger partial charge in [-0.25, -0.2) is 0 Å². The van der Waals surface area contributed by atoms with Crippen molar-refractivity contribution in [2.24, 2.45) is 0 Å². The van der Waals surface area contributed by atoms with Gasteiger partial charge >= 0.3 is 0 Å². The number of ether oxygens (including phenoxy) is 1. The van der Waals surface area contributed by atoms with E-state index in [-0.39, 0.29) is 5.60 Å². The first-order valence-electron chi connectivity index (χ1n) is 9.65. The van der Waals surface area contributed by atoms with E-state index in [9.17, 15) is 0 Å². The average molecular weight is 321 g/mol. The Morgan fingerprint density at radius 3 is 1.78 bits per heavy atom. The number of rotatable bonds is 14. The first-order chi connectivity index (χ1) is 11.1. The summed E-state index contributed by atoms with van der Waals surface area (Å²) in [6.07, 6.45) is 26.0. The fourth-order valence-electron chi connectivity index (χ4n) is 2.28. The fraction of sp³-hybridized carbons (Fsp3) is 0.727. The fourth-order valence-corrected chi connectivity index (χ4v) is 2.28. The molecule has 0 aromatic rings. The van der Waals surface area contributed by atoms with Gasteiger partial charge in [0, 0.05) is 6.61 Å². The van der Waals surface area contributed by atoms with E-state index in [0.29, 0.717) is 0 Å². The molecule has 0 fully saturated rings. The van der Waals surface area contributed by atoms with Gasteiger partial charge in [-0.3, -0.25) is 0 Å². The van der Waals surface area contributed by atoms with E-state index in [4.69, 9.17) is 4.74 Å². The van der Waals surface area contributed by atoms with Crippen molar-refractivity contribution in [3.05, 3.63) is 36.5 Å². The maximum absolute atomic E-state index is 5.73. The van der Waals surface area contributed by atoms with Gasteiger partial charge in [-0.1, -0.05) is 69.1 Å². The minimum atomic E-state index is 0.0216. The van der Waals surface area contributed by atoms with Crippen LogP contribution in [0.4, 0.5) is 0 Å². The third kappa shape index (κ3) is 21.2. The van der Waals surface area contributed by atoms with Crippen LogP contribution in [0.25, 0.3) is 0 Å². The van der Waals surface area contributed by atoms with Crippen LogP contribution in [0, 0.1) is 0 Å². The van der Waals surface area contributed by atoms with Gasteiger partial charge < -0.3 is 4.74 Å².